The number of fused-ring (bicyclic) bond motifs is 4. The molecule has 0 amide bonds. The van der Waals surface area contributed by atoms with E-state index in [-0.39, 0.29) is 17.2 Å². The van der Waals surface area contributed by atoms with Gasteiger partial charge in [-0.25, -0.2) is 4.79 Å². The van der Waals surface area contributed by atoms with Gasteiger partial charge in [-0.1, -0.05) is 18.2 Å². The first-order valence-corrected chi connectivity index (χ1v) is 9.95. The molecule has 0 spiro atoms. The molecule has 0 aliphatic heterocycles. The molecule has 3 heteroatoms. The topological polar surface area (TPSA) is 43.4 Å². The second-order valence-corrected chi connectivity index (χ2v) is 8.71. The summed E-state index contributed by atoms with van der Waals surface area (Å²) in [6.07, 6.45) is 10.8. The van der Waals surface area contributed by atoms with Crippen LogP contribution in [0.2, 0.25) is 0 Å². The Morgan fingerprint density at radius 3 is 2.50 bits per heavy atom. The summed E-state index contributed by atoms with van der Waals surface area (Å²) in [6, 6.07) is 4.11. The molecule has 4 aliphatic carbocycles. The van der Waals surface area contributed by atoms with Crippen LogP contribution in [0.15, 0.2) is 18.2 Å². The summed E-state index contributed by atoms with van der Waals surface area (Å²) in [5, 5.41) is 0. The summed E-state index contributed by atoms with van der Waals surface area (Å²) in [5.41, 5.74) is 5.22. The van der Waals surface area contributed by atoms with Gasteiger partial charge < -0.3 is 4.74 Å². The summed E-state index contributed by atoms with van der Waals surface area (Å²) in [6.45, 7) is 4.21. The Bertz CT molecular complexity index is 765. The number of carbonyl (C=O) groups is 2. The lowest BCUT2D eigenvalue weighted by molar-refractivity contribution is -0.142. The molecule has 0 unspecified atom stereocenters. The van der Waals surface area contributed by atoms with E-state index in [2.05, 4.69) is 6.07 Å². The van der Waals surface area contributed by atoms with Crippen LogP contribution in [0.3, 0.4) is 0 Å². The number of hydrogen-bond donors (Lipinski definition) is 0. The molecule has 2 bridgehead atoms. The first-order valence-electron chi connectivity index (χ1n) is 9.95. The van der Waals surface area contributed by atoms with Crippen LogP contribution in [0, 0.1) is 18.3 Å². The maximum Gasteiger partial charge on any atom is 0.338 e. The van der Waals surface area contributed by atoms with Crippen molar-refractivity contribution < 1.29 is 14.3 Å². The lowest BCUT2D eigenvalue weighted by Gasteiger charge is -2.46. The van der Waals surface area contributed by atoms with Crippen LogP contribution in [0.1, 0.15) is 67.7 Å². The van der Waals surface area contributed by atoms with Crippen molar-refractivity contribution in [3.8, 4) is 0 Å². The van der Waals surface area contributed by atoms with Gasteiger partial charge in [-0.2, -0.15) is 0 Å². The molecule has 1 aromatic carbocycles. The van der Waals surface area contributed by atoms with Gasteiger partial charge in [-0.05, 0) is 87.0 Å². The third-order valence-corrected chi connectivity index (χ3v) is 6.70. The Hall–Kier alpha value is -1.90. The number of ether oxygens (including phenoxy) is 1. The molecule has 3 nitrogen and oxygen atoms in total. The summed E-state index contributed by atoms with van der Waals surface area (Å²) in [4.78, 5) is 24.2. The van der Waals surface area contributed by atoms with Crippen LogP contribution in [0.5, 0.6) is 0 Å². The van der Waals surface area contributed by atoms with Crippen molar-refractivity contribution in [2.75, 3.05) is 6.61 Å². The van der Waals surface area contributed by atoms with Crippen LogP contribution in [-0.2, 0) is 27.2 Å². The van der Waals surface area contributed by atoms with Gasteiger partial charge >= 0.3 is 5.97 Å². The van der Waals surface area contributed by atoms with Gasteiger partial charge in [-0.15, -0.1) is 0 Å². The smallest absolute Gasteiger partial charge is 0.338 e. The lowest BCUT2D eigenvalue weighted by atomic mass is 9.61. The Morgan fingerprint density at radius 2 is 1.85 bits per heavy atom. The number of benzene rings is 1. The highest BCUT2D eigenvalue weighted by Gasteiger charge is 2.41. The van der Waals surface area contributed by atoms with Crippen LogP contribution in [0.4, 0.5) is 0 Å². The van der Waals surface area contributed by atoms with Crippen molar-refractivity contribution >= 4 is 17.3 Å². The number of Topliss-reactive ketones (excluding diaryl/α,β-unsaturated/α-hetero) is 1. The molecule has 138 valence electrons. The third-order valence-electron chi connectivity index (χ3n) is 6.70. The molecule has 0 N–H and O–H groups in total. The zero-order valence-electron chi connectivity index (χ0n) is 15.9. The van der Waals surface area contributed by atoms with E-state index in [0.29, 0.717) is 18.6 Å². The quantitative estimate of drug-likeness (QED) is 0.729. The molecule has 3 fully saturated rings. The van der Waals surface area contributed by atoms with Gasteiger partial charge in [0.1, 0.15) is 5.78 Å². The first-order chi connectivity index (χ1) is 12.5. The van der Waals surface area contributed by atoms with Gasteiger partial charge in [0.25, 0.3) is 0 Å². The molecule has 1 aromatic rings. The molecule has 0 saturated heterocycles. The van der Waals surface area contributed by atoms with Crippen molar-refractivity contribution in [3.63, 3.8) is 0 Å². The molecule has 0 atom stereocenters. The molecule has 4 aliphatic rings. The number of hydrogen-bond acceptors (Lipinski definition) is 3. The van der Waals surface area contributed by atoms with E-state index in [0.717, 1.165) is 34.6 Å². The predicted molar refractivity (Wildman–Crippen MR) is 102 cm³/mol. The fraction of sp³-hybridized carbons (Fsp3) is 0.565. The Morgan fingerprint density at radius 1 is 1.15 bits per heavy atom. The van der Waals surface area contributed by atoms with Gasteiger partial charge in [0, 0.05) is 11.8 Å². The molecular weight excluding hydrogens is 324 g/mol. The fourth-order valence-electron chi connectivity index (χ4n) is 5.23. The number of allylic oxidation sites excluding steroid dienone is 1. The largest absolute Gasteiger partial charge is 0.461 e. The molecule has 26 heavy (non-hydrogen) atoms. The minimum absolute atomic E-state index is 0.163. The highest BCUT2D eigenvalue weighted by atomic mass is 16.5. The minimum Gasteiger partial charge on any atom is -0.461 e. The Balaban J connectivity index is 1.46. The first kappa shape index (κ1) is 17.5. The summed E-state index contributed by atoms with van der Waals surface area (Å²) < 4.78 is 5.83. The summed E-state index contributed by atoms with van der Waals surface area (Å²) in [5.74, 6) is 0.911. The predicted octanol–water partition coefficient (Wildman–Crippen LogP) is 4.58. The maximum atomic E-state index is 12.8. The summed E-state index contributed by atoms with van der Waals surface area (Å²) >= 11 is 0. The van der Waals surface area contributed by atoms with E-state index in [9.17, 15) is 9.59 Å². The zero-order chi connectivity index (χ0) is 18.3. The molecular formula is C23H28O3. The van der Waals surface area contributed by atoms with Crippen molar-refractivity contribution in [1.82, 2.24) is 0 Å². The van der Waals surface area contributed by atoms with Gasteiger partial charge in [0.2, 0.25) is 0 Å². The number of carbonyl (C=O) groups excluding carboxylic acids is 2. The van der Waals surface area contributed by atoms with E-state index < -0.39 is 0 Å². The Kier molecular flexibility index (Phi) is 4.50. The van der Waals surface area contributed by atoms with Crippen molar-refractivity contribution in [3.05, 3.63) is 40.5 Å². The second kappa shape index (κ2) is 6.68. The van der Waals surface area contributed by atoms with Gasteiger partial charge in [0.05, 0.1) is 12.2 Å². The van der Waals surface area contributed by atoms with Crippen molar-refractivity contribution in [2.24, 2.45) is 11.3 Å². The zero-order valence-corrected chi connectivity index (χ0v) is 15.9. The lowest BCUT2D eigenvalue weighted by Crippen LogP contribution is -2.38. The number of esters is 1. The van der Waals surface area contributed by atoms with Crippen molar-refractivity contribution in [2.45, 2.75) is 65.2 Å². The average Bonchev–Trinajstić information content (AvgIpc) is 3.05. The fourth-order valence-corrected chi connectivity index (χ4v) is 5.23. The molecule has 0 heterocycles. The van der Waals surface area contributed by atoms with Crippen LogP contribution in [-0.4, -0.2) is 18.4 Å². The van der Waals surface area contributed by atoms with E-state index >= 15 is 0 Å². The second-order valence-electron chi connectivity index (χ2n) is 8.71. The number of aryl methyl sites for hydroxylation is 1. The molecule has 5 rings (SSSR count). The highest BCUT2D eigenvalue weighted by Crippen LogP contribution is 2.50. The van der Waals surface area contributed by atoms with Crippen molar-refractivity contribution in [1.29, 1.82) is 0 Å². The minimum atomic E-state index is -0.173. The van der Waals surface area contributed by atoms with Crippen LogP contribution < -0.4 is 0 Å². The van der Waals surface area contributed by atoms with E-state index in [1.165, 1.54) is 38.5 Å². The highest BCUT2D eigenvalue weighted by molar-refractivity contribution is 6.18. The Labute approximate surface area is 155 Å². The van der Waals surface area contributed by atoms with Crippen LogP contribution >= 0.6 is 0 Å². The third kappa shape index (κ3) is 3.24. The molecule has 3 saturated carbocycles. The van der Waals surface area contributed by atoms with E-state index in [4.69, 9.17) is 4.74 Å². The number of ketones is 1. The van der Waals surface area contributed by atoms with Crippen LogP contribution in [0.25, 0.3) is 5.57 Å². The SMILES string of the molecule is CC(=O)Cc1cc(C)c2c(c1)CC=C2C(=O)OCC12CCC(CC1)CC2. The maximum absolute atomic E-state index is 12.8. The summed E-state index contributed by atoms with van der Waals surface area (Å²) in [7, 11) is 0. The standard InChI is InChI=1S/C23H28O3/c1-15-11-18(12-16(2)24)13-19-3-4-20(21(15)19)22(25)26-14-23-8-5-17(6-9-23)7-10-23/h4,11,13,17H,3,5-10,12,14H2,1-2H3. The molecule has 0 radical (unpaired) electrons. The monoisotopic (exact) mass is 352 g/mol. The van der Waals surface area contributed by atoms with Gasteiger partial charge in [-0.3, -0.25) is 4.79 Å². The van der Waals surface area contributed by atoms with Gasteiger partial charge in [0.15, 0.2) is 0 Å². The van der Waals surface area contributed by atoms with E-state index in [1.807, 2.05) is 19.1 Å². The number of rotatable bonds is 5. The molecule has 0 aromatic heterocycles. The van der Waals surface area contributed by atoms with E-state index in [1.54, 1.807) is 6.92 Å². The normalized spacial score (nSPS) is 26.4. The average molecular weight is 352 g/mol.